The van der Waals surface area contributed by atoms with Crippen LogP contribution in [0.15, 0.2) is 22.9 Å². The lowest BCUT2D eigenvalue weighted by molar-refractivity contribution is 0.0560. The zero-order valence-electron chi connectivity index (χ0n) is 13.2. The van der Waals surface area contributed by atoms with Crippen molar-refractivity contribution in [3.05, 3.63) is 41.1 Å². The Hall–Kier alpha value is -2.12. The van der Waals surface area contributed by atoms with Crippen LogP contribution in [0.1, 0.15) is 34.4 Å². The molecule has 0 aromatic carbocycles. The van der Waals surface area contributed by atoms with Crippen LogP contribution in [0.25, 0.3) is 0 Å². The Balaban J connectivity index is 1.95. The predicted octanol–water partition coefficient (Wildman–Crippen LogP) is 1.11. The van der Waals surface area contributed by atoms with E-state index in [0.717, 1.165) is 5.56 Å². The van der Waals surface area contributed by atoms with E-state index in [1.54, 1.807) is 44.0 Å². The molecule has 120 valence electrons. The lowest BCUT2D eigenvalue weighted by atomic mass is 10.00. The molecule has 0 fully saturated rings. The summed E-state index contributed by atoms with van der Waals surface area (Å²) in [4.78, 5) is 11.5. The maximum Gasteiger partial charge on any atom is 0.341 e. The first-order chi connectivity index (χ1) is 10.3. The molecule has 0 aliphatic carbocycles. The van der Waals surface area contributed by atoms with Crippen molar-refractivity contribution in [3.63, 3.8) is 0 Å². The number of nitrogens with zero attached hydrogens (tertiary/aromatic N) is 2. The van der Waals surface area contributed by atoms with Gasteiger partial charge in [0.25, 0.3) is 0 Å². The summed E-state index contributed by atoms with van der Waals surface area (Å²) < 4.78 is 11.8. The van der Waals surface area contributed by atoms with E-state index in [-0.39, 0.29) is 0 Å². The monoisotopic (exact) mass is 307 g/mol. The van der Waals surface area contributed by atoms with Gasteiger partial charge >= 0.3 is 5.97 Å². The zero-order valence-corrected chi connectivity index (χ0v) is 13.2. The van der Waals surface area contributed by atoms with Crippen LogP contribution in [-0.2, 0) is 23.9 Å². The number of furan rings is 1. The molecule has 2 rings (SSSR count). The third kappa shape index (κ3) is 3.55. The molecule has 7 nitrogen and oxygen atoms in total. The smallest absolute Gasteiger partial charge is 0.341 e. The first kappa shape index (κ1) is 16.3. The second kappa shape index (κ2) is 6.33. The molecule has 0 bridgehead atoms. The second-order valence-corrected chi connectivity index (χ2v) is 5.45. The standard InChI is InChI=1S/C15H21N3O4/c1-10-13(14(19)21-4)5-12(22-10)7-16-9-15(2,20)11-6-17-18(3)8-11/h5-6,8,16,20H,7,9H2,1-4H3. The molecule has 2 aromatic rings. The molecular formula is C15H21N3O4. The van der Waals surface area contributed by atoms with Gasteiger partial charge in [0.05, 0.1) is 19.9 Å². The summed E-state index contributed by atoms with van der Waals surface area (Å²) >= 11 is 0. The summed E-state index contributed by atoms with van der Waals surface area (Å²) in [5, 5.41) is 17.6. The number of hydrogen-bond acceptors (Lipinski definition) is 6. The number of nitrogens with one attached hydrogen (secondary N) is 1. The first-order valence-electron chi connectivity index (χ1n) is 6.93. The van der Waals surface area contributed by atoms with Gasteiger partial charge in [-0.25, -0.2) is 4.79 Å². The van der Waals surface area contributed by atoms with Crippen molar-refractivity contribution >= 4 is 5.97 Å². The Labute approximate surface area is 128 Å². The van der Waals surface area contributed by atoms with Gasteiger partial charge in [-0.3, -0.25) is 4.68 Å². The number of ether oxygens (including phenoxy) is 1. The topological polar surface area (TPSA) is 89.5 Å². The van der Waals surface area contributed by atoms with E-state index < -0.39 is 11.6 Å². The highest BCUT2D eigenvalue weighted by atomic mass is 16.5. The van der Waals surface area contributed by atoms with Gasteiger partial charge in [-0.1, -0.05) is 0 Å². The molecule has 0 amide bonds. The number of hydrogen-bond donors (Lipinski definition) is 2. The third-order valence-corrected chi connectivity index (χ3v) is 3.47. The lowest BCUT2D eigenvalue weighted by Gasteiger charge is -2.22. The number of carbonyl (C=O) groups excluding carboxylic acids is 1. The highest BCUT2D eigenvalue weighted by molar-refractivity contribution is 5.90. The number of aromatic nitrogens is 2. The van der Waals surface area contributed by atoms with Crippen LogP contribution in [0.5, 0.6) is 0 Å². The molecule has 0 spiro atoms. The van der Waals surface area contributed by atoms with Gasteiger partial charge in [0.15, 0.2) is 0 Å². The Morgan fingerprint density at radius 3 is 2.91 bits per heavy atom. The van der Waals surface area contributed by atoms with Gasteiger partial charge in [-0.05, 0) is 19.9 Å². The van der Waals surface area contributed by atoms with Crippen molar-refractivity contribution in [2.45, 2.75) is 26.0 Å². The van der Waals surface area contributed by atoms with E-state index in [9.17, 15) is 9.90 Å². The minimum atomic E-state index is -1.04. The number of carbonyl (C=O) groups is 1. The maximum atomic E-state index is 11.5. The minimum Gasteiger partial charge on any atom is -0.465 e. The fourth-order valence-corrected chi connectivity index (χ4v) is 2.17. The van der Waals surface area contributed by atoms with Crippen LogP contribution in [0.3, 0.4) is 0 Å². The van der Waals surface area contributed by atoms with Crippen LogP contribution >= 0.6 is 0 Å². The Kier molecular flexibility index (Phi) is 4.68. The molecule has 2 N–H and O–H groups in total. The molecule has 7 heteroatoms. The molecule has 22 heavy (non-hydrogen) atoms. The van der Waals surface area contributed by atoms with E-state index in [1.165, 1.54) is 7.11 Å². The molecular weight excluding hydrogens is 286 g/mol. The van der Waals surface area contributed by atoms with E-state index >= 15 is 0 Å². The van der Waals surface area contributed by atoms with Crippen molar-refractivity contribution in [3.8, 4) is 0 Å². The van der Waals surface area contributed by atoms with Gasteiger partial charge in [-0.2, -0.15) is 5.10 Å². The quantitative estimate of drug-likeness (QED) is 0.777. The third-order valence-electron chi connectivity index (χ3n) is 3.47. The predicted molar refractivity (Wildman–Crippen MR) is 79.3 cm³/mol. The maximum absolute atomic E-state index is 11.5. The van der Waals surface area contributed by atoms with Gasteiger partial charge in [0.1, 0.15) is 22.7 Å². The summed E-state index contributed by atoms with van der Waals surface area (Å²) in [7, 11) is 3.13. The van der Waals surface area contributed by atoms with Gasteiger partial charge in [0, 0.05) is 25.4 Å². The van der Waals surface area contributed by atoms with Crippen molar-refractivity contribution in [2.24, 2.45) is 7.05 Å². The summed E-state index contributed by atoms with van der Waals surface area (Å²) in [5.41, 5.74) is 0.104. The molecule has 1 atom stereocenters. The zero-order chi connectivity index (χ0) is 16.3. The number of aryl methyl sites for hydroxylation is 2. The molecule has 0 aliphatic rings. The van der Waals surface area contributed by atoms with E-state index in [2.05, 4.69) is 15.2 Å². The lowest BCUT2D eigenvalue weighted by Crippen LogP contribution is -2.34. The summed E-state index contributed by atoms with van der Waals surface area (Å²) in [6.45, 7) is 4.14. The van der Waals surface area contributed by atoms with Crippen molar-refractivity contribution in [1.82, 2.24) is 15.1 Å². The highest BCUT2D eigenvalue weighted by Crippen LogP contribution is 2.19. The van der Waals surface area contributed by atoms with E-state index in [1.807, 2.05) is 0 Å². The highest BCUT2D eigenvalue weighted by Gasteiger charge is 2.24. The summed E-state index contributed by atoms with van der Waals surface area (Å²) in [6, 6.07) is 1.65. The number of aliphatic hydroxyl groups is 1. The molecule has 0 saturated carbocycles. The van der Waals surface area contributed by atoms with E-state index in [0.29, 0.717) is 30.2 Å². The average Bonchev–Trinajstić information content (AvgIpc) is 3.04. The molecule has 0 saturated heterocycles. The van der Waals surface area contributed by atoms with Crippen molar-refractivity contribution in [1.29, 1.82) is 0 Å². The van der Waals surface area contributed by atoms with Crippen LogP contribution in [0.4, 0.5) is 0 Å². The van der Waals surface area contributed by atoms with E-state index in [4.69, 9.17) is 4.42 Å². The fraction of sp³-hybridized carbons (Fsp3) is 0.467. The molecule has 1 unspecified atom stereocenters. The normalized spacial score (nSPS) is 13.9. The van der Waals surface area contributed by atoms with Crippen LogP contribution in [0, 0.1) is 6.92 Å². The number of methoxy groups -OCH3 is 1. The van der Waals surface area contributed by atoms with Gasteiger partial charge in [0.2, 0.25) is 0 Å². The minimum absolute atomic E-state index is 0.325. The summed E-state index contributed by atoms with van der Waals surface area (Å²) in [5.74, 6) is 0.706. The van der Waals surface area contributed by atoms with Crippen LogP contribution < -0.4 is 5.32 Å². The Morgan fingerprint density at radius 2 is 2.32 bits per heavy atom. The number of rotatable bonds is 6. The summed E-state index contributed by atoms with van der Waals surface area (Å²) in [6.07, 6.45) is 3.40. The SMILES string of the molecule is COC(=O)c1cc(CNCC(C)(O)c2cnn(C)c2)oc1C. The first-order valence-corrected chi connectivity index (χ1v) is 6.93. The second-order valence-electron chi connectivity index (χ2n) is 5.45. The number of esters is 1. The largest absolute Gasteiger partial charge is 0.465 e. The molecule has 0 aliphatic heterocycles. The molecule has 0 radical (unpaired) electrons. The average molecular weight is 307 g/mol. The van der Waals surface area contributed by atoms with Crippen LogP contribution in [0.2, 0.25) is 0 Å². The van der Waals surface area contributed by atoms with Crippen LogP contribution in [-0.4, -0.2) is 34.5 Å². The molecule has 2 heterocycles. The van der Waals surface area contributed by atoms with Gasteiger partial charge in [-0.15, -0.1) is 0 Å². The Bertz CT molecular complexity index is 658. The van der Waals surface area contributed by atoms with Crippen molar-refractivity contribution < 1.29 is 19.1 Å². The molecule has 2 aromatic heterocycles. The van der Waals surface area contributed by atoms with Crippen molar-refractivity contribution in [2.75, 3.05) is 13.7 Å². The Morgan fingerprint density at radius 1 is 1.59 bits per heavy atom. The van der Waals surface area contributed by atoms with Gasteiger partial charge < -0.3 is 19.6 Å². The fourth-order valence-electron chi connectivity index (χ4n) is 2.17.